The molecule has 0 atom stereocenters. The van der Waals surface area contributed by atoms with Gasteiger partial charge in [0.2, 0.25) is 0 Å². The maximum atomic E-state index is 13.5. The Morgan fingerprint density at radius 3 is 2.56 bits per heavy atom. The fourth-order valence-electron chi connectivity index (χ4n) is 2.70. The van der Waals surface area contributed by atoms with Crippen LogP contribution in [0.15, 0.2) is 18.2 Å². The minimum absolute atomic E-state index is 0.315. The average Bonchev–Trinajstić information content (AvgIpc) is 2.72. The van der Waals surface area contributed by atoms with Crippen LogP contribution in [0.5, 0.6) is 0 Å². The maximum absolute atomic E-state index is 13.5. The van der Waals surface area contributed by atoms with Gasteiger partial charge in [-0.1, -0.05) is 25.0 Å². The molecule has 1 aliphatic rings. The number of hydrogen-bond acceptors (Lipinski definition) is 1. The lowest BCUT2D eigenvalue weighted by Gasteiger charge is -2.26. The molecule has 0 unspecified atom stereocenters. The number of carboxylic acids is 1. The van der Waals surface area contributed by atoms with Gasteiger partial charge in [-0.3, -0.25) is 4.79 Å². The van der Waals surface area contributed by atoms with Crippen molar-refractivity contribution in [3.8, 4) is 0 Å². The van der Waals surface area contributed by atoms with Crippen LogP contribution >= 0.6 is 0 Å². The van der Waals surface area contributed by atoms with Crippen LogP contribution < -0.4 is 0 Å². The second-order valence-corrected chi connectivity index (χ2v) is 4.51. The summed E-state index contributed by atoms with van der Waals surface area (Å²) in [6.45, 7) is 1.66. The molecule has 0 heterocycles. The second-order valence-electron chi connectivity index (χ2n) is 4.51. The molecule has 0 radical (unpaired) electrons. The lowest BCUT2D eigenvalue weighted by Crippen LogP contribution is -2.33. The number of halogens is 1. The lowest BCUT2D eigenvalue weighted by molar-refractivity contribution is -0.143. The Labute approximate surface area is 94.1 Å². The van der Waals surface area contributed by atoms with Gasteiger partial charge in [-0.25, -0.2) is 4.39 Å². The van der Waals surface area contributed by atoms with Crippen molar-refractivity contribution < 1.29 is 14.3 Å². The average molecular weight is 222 g/mol. The Bertz CT molecular complexity index is 420. The predicted octanol–water partition coefficient (Wildman–Crippen LogP) is 3.03. The summed E-state index contributed by atoms with van der Waals surface area (Å²) < 4.78 is 13.5. The highest BCUT2D eigenvalue weighted by Gasteiger charge is 2.43. The summed E-state index contributed by atoms with van der Waals surface area (Å²) in [6, 6.07) is 4.72. The summed E-state index contributed by atoms with van der Waals surface area (Å²) in [5.41, 5.74) is 0.274. The molecule has 1 aliphatic carbocycles. The van der Waals surface area contributed by atoms with Crippen LogP contribution in [0.25, 0.3) is 0 Å². The molecule has 1 fully saturated rings. The smallest absolute Gasteiger partial charge is 0.314 e. The van der Waals surface area contributed by atoms with Crippen molar-refractivity contribution in [3.05, 3.63) is 35.1 Å². The van der Waals surface area contributed by atoms with Crippen molar-refractivity contribution in [3.63, 3.8) is 0 Å². The quantitative estimate of drug-likeness (QED) is 0.835. The van der Waals surface area contributed by atoms with E-state index in [4.69, 9.17) is 0 Å². The highest BCUT2D eigenvalue weighted by molar-refractivity contribution is 5.82. The van der Waals surface area contributed by atoms with Crippen LogP contribution in [0.3, 0.4) is 0 Å². The zero-order valence-electron chi connectivity index (χ0n) is 9.29. The summed E-state index contributed by atoms with van der Waals surface area (Å²) in [5, 5.41) is 9.41. The van der Waals surface area contributed by atoms with Crippen LogP contribution in [-0.2, 0) is 10.2 Å². The van der Waals surface area contributed by atoms with Gasteiger partial charge in [0, 0.05) is 0 Å². The Kier molecular flexibility index (Phi) is 2.70. The Hall–Kier alpha value is -1.38. The molecule has 1 aromatic carbocycles. The number of aliphatic carboxylic acids is 1. The van der Waals surface area contributed by atoms with E-state index in [2.05, 4.69) is 0 Å². The molecule has 1 aromatic rings. The Morgan fingerprint density at radius 2 is 2.00 bits per heavy atom. The van der Waals surface area contributed by atoms with E-state index in [9.17, 15) is 14.3 Å². The van der Waals surface area contributed by atoms with Gasteiger partial charge in [-0.15, -0.1) is 0 Å². The molecular formula is C13H15FO2. The van der Waals surface area contributed by atoms with E-state index >= 15 is 0 Å². The van der Waals surface area contributed by atoms with E-state index in [1.165, 1.54) is 6.07 Å². The molecule has 0 amide bonds. The molecule has 0 saturated heterocycles. The van der Waals surface area contributed by atoms with Crippen molar-refractivity contribution >= 4 is 5.97 Å². The van der Waals surface area contributed by atoms with Gasteiger partial charge in [0.1, 0.15) is 5.82 Å². The van der Waals surface area contributed by atoms with E-state index in [-0.39, 0.29) is 5.82 Å². The zero-order valence-corrected chi connectivity index (χ0v) is 9.29. The van der Waals surface area contributed by atoms with Crippen molar-refractivity contribution in [2.24, 2.45) is 0 Å². The number of carbonyl (C=O) groups is 1. The van der Waals surface area contributed by atoms with Gasteiger partial charge >= 0.3 is 5.97 Å². The molecule has 0 bridgehead atoms. The highest BCUT2D eigenvalue weighted by Crippen LogP contribution is 2.42. The van der Waals surface area contributed by atoms with Crippen LogP contribution in [0.2, 0.25) is 0 Å². The van der Waals surface area contributed by atoms with Crippen molar-refractivity contribution in [1.82, 2.24) is 0 Å². The molecule has 2 nitrogen and oxygen atoms in total. The molecule has 3 heteroatoms. The van der Waals surface area contributed by atoms with Crippen LogP contribution in [0.1, 0.15) is 36.8 Å². The monoisotopic (exact) mass is 222 g/mol. The third-order valence-corrected chi connectivity index (χ3v) is 3.65. The molecule has 0 spiro atoms. The van der Waals surface area contributed by atoms with Gasteiger partial charge in [0.15, 0.2) is 0 Å². The number of rotatable bonds is 2. The Balaban J connectivity index is 2.56. The number of benzene rings is 1. The Morgan fingerprint density at radius 1 is 1.38 bits per heavy atom. The van der Waals surface area contributed by atoms with Gasteiger partial charge in [0.25, 0.3) is 0 Å². The molecule has 1 saturated carbocycles. The normalized spacial score (nSPS) is 18.6. The molecule has 16 heavy (non-hydrogen) atoms. The van der Waals surface area contributed by atoms with E-state index in [1.54, 1.807) is 19.1 Å². The zero-order chi connectivity index (χ0) is 11.8. The summed E-state index contributed by atoms with van der Waals surface area (Å²) in [6.07, 6.45) is 3.05. The van der Waals surface area contributed by atoms with E-state index < -0.39 is 11.4 Å². The van der Waals surface area contributed by atoms with E-state index in [0.29, 0.717) is 24.0 Å². The van der Waals surface area contributed by atoms with Crippen LogP contribution in [-0.4, -0.2) is 11.1 Å². The predicted molar refractivity (Wildman–Crippen MR) is 58.9 cm³/mol. The minimum Gasteiger partial charge on any atom is -0.481 e. The summed E-state index contributed by atoms with van der Waals surface area (Å²) >= 11 is 0. The first-order valence-corrected chi connectivity index (χ1v) is 5.57. The topological polar surface area (TPSA) is 37.3 Å². The van der Waals surface area contributed by atoms with Crippen LogP contribution in [0.4, 0.5) is 4.39 Å². The molecule has 86 valence electrons. The maximum Gasteiger partial charge on any atom is 0.314 e. The number of carboxylic acid groups (broad SMARTS) is 1. The highest BCUT2D eigenvalue weighted by atomic mass is 19.1. The first-order valence-electron chi connectivity index (χ1n) is 5.57. The van der Waals surface area contributed by atoms with E-state index in [1.807, 2.05) is 0 Å². The molecule has 0 aliphatic heterocycles. The summed E-state index contributed by atoms with van der Waals surface area (Å²) in [7, 11) is 0. The van der Waals surface area contributed by atoms with Gasteiger partial charge in [-0.05, 0) is 37.0 Å². The third kappa shape index (κ3) is 1.51. The molecule has 2 rings (SSSR count). The fourth-order valence-corrected chi connectivity index (χ4v) is 2.70. The summed E-state index contributed by atoms with van der Waals surface area (Å²) in [5.74, 6) is -1.14. The van der Waals surface area contributed by atoms with Crippen molar-refractivity contribution in [1.29, 1.82) is 0 Å². The SMILES string of the molecule is Cc1c(F)cccc1C1(C(=O)O)CCCC1. The standard InChI is InChI=1S/C13H15FO2/c1-9-10(5-4-6-11(9)14)13(12(15)16)7-2-3-8-13/h4-6H,2-3,7-8H2,1H3,(H,15,16). The molecule has 1 N–H and O–H groups in total. The molecular weight excluding hydrogens is 207 g/mol. The van der Waals surface area contributed by atoms with Gasteiger partial charge < -0.3 is 5.11 Å². The van der Waals surface area contributed by atoms with Gasteiger partial charge in [0.05, 0.1) is 5.41 Å². The van der Waals surface area contributed by atoms with Gasteiger partial charge in [-0.2, -0.15) is 0 Å². The van der Waals surface area contributed by atoms with Crippen LogP contribution in [0, 0.1) is 12.7 Å². The first kappa shape index (κ1) is 11.1. The number of hydrogen-bond donors (Lipinski definition) is 1. The molecule has 0 aromatic heterocycles. The van der Waals surface area contributed by atoms with E-state index in [0.717, 1.165) is 12.8 Å². The minimum atomic E-state index is -0.855. The fraction of sp³-hybridized carbons (Fsp3) is 0.462. The van der Waals surface area contributed by atoms with Crippen molar-refractivity contribution in [2.75, 3.05) is 0 Å². The summed E-state index contributed by atoms with van der Waals surface area (Å²) in [4.78, 5) is 11.5. The lowest BCUT2D eigenvalue weighted by atomic mass is 9.77. The largest absolute Gasteiger partial charge is 0.481 e. The van der Waals surface area contributed by atoms with Crippen molar-refractivity contribution in [2.45, 2.75) is 38.0 Å². The first-order chi connectivity index (χ1) is 7.58. The third-order valence-electron chi connectivity index (χ3n) is 3.65. The second kappa shape index (κ2) is 3.89.